The Kier molecular flexibility index (Phi) is 4.49. The SMILES string of the molecule is O=C(c1ccc(O)cc1)N1N=C(C2CCCCC2)CC1(O)C(F)(F)F. The number of hydrogen-bond donors (Lipinski definition) is 2. The molecule has 136 valence electrons. The summed E-state index contributed by atoms with van der Waals surface area (Å²) in [5.74, 6) is -1.30. The zero-order chi connectivity index (χ0) is 18.2. The van der Waals surface area contributed by atoms with Gasteiger partial charge in [-0.2, -0.15) is 23.3 Å². The van der Waals surface area contributed by atoms with E-state index in [1.54, 1.807) is 0 Å². The second-order valence-corrected chi connectivity index (χ2v) is 6.58. The van der Waals surface area contributed by atoms with Crippen molar-refractivity contribution < 1.29 is 28.2 Å². The number of carbonyl (C=O) groups is 1. The zero-order valence-corrected chi connectivity index (χ0v) is 13.5. The molecule has 2 aliphatic rings. The number of phenolic OH excluding ortho intramolecular Hbond substituents is 1. The Morgan fingerprint density at radius 3 is 2.32 bits per heavy atom. The van der Waals surface area contributed by atoms with Crippen molar-refractivity contribution in [2.24, 2.45) is 11.0 Å². The average Bonchev–Trinajstić information content (AvgIpc) is 2.95. The van der Waals surface area contributed by atoms with Crippen molar-refractivity contribution in [3.63, 3.8) is 0 Å². The van der Waals surface area contributed by atoms with Gasteiger partial charge in [0.05, 0.1) is 0 Å². The molecule has 0 spiro atoms. The van der Waals surface area contributed by atoms with Crippen LogP contribution < -0.4 is 0 Å². The molecule has 0 bridgehead atoms. The maximum atomic E-state index is 13.5. The second kappa shape index (κ2) is 6.33. The fourth-order valence-electron chi connectivity index (χ4n) is 3.40. The van der Waals surface area contributed by atoms with Crippen molar-refractivity contribution in [1.82, 2.24) is 5.01 Å². The molecule has 3 rings (SSSR count). The summed E-state index contributed by atoms with van der Waals surface area (Å²) in [4.78, 5) is 12.5. The Balaban J connectivity index is 1.94. The van der Waals surface area contributed by atoms with E-state index in [1.807, 2.05) is 0 Å². The van der Waals surface area contributed by atoms with Crippen molar-refractivity contribution >= 4 is 11.6 Å². The molecule has 1 aliphatic heterocycles. The van der Waals surface area contributed by atoms with Crippen molar-refractivity contribution in [2.75, 3.05) is 0 Å². The lowest BCUT2D eigenvalue weighted by molar-refractivity contribution is -0.297. The van der Waals surface area contributed by atoms with Crippen LogP contribution >= 0.6 is 0 Å². The van der Waals surface area contributed by atoms with Crippen LogP contribution in [0.1, 0.15) is 48.9 Å². The van der Waals surface area contributed by atoms with Crippen LogP contribution in [0.2, 0.25) is 0 Å². The van der Waals surface area contributed by atoms with E-state index in [-0.39, 0.29) is 28.0 Å². The Morgan fingerprint density at radius 2 is 1.76 bits per heavy atom. The number of amides is 1. The number of hydrazone groups is 1. The lowest BCUT2D eigenvalue weighted by atomic mass is 9.83. The molecule has 1 aromatic carbocycles. The summed E-state index contributed by atoms with van der Waals surface area (Å²) < 4.78 is 40.6. The second-order valence-electron chi connectivity index (χ2n) is 6.58. The van der Waals surface area contributed by atoms with Gasteiger partial charge in [-0.25, -0.2) is 0 Å². The van der Waals surface area contributed by atoms with Gasteiger partial charge in [0.25, 0.3) is 11.6 Å². The molecule has 8 heteroatoms. The van der Waals surface area contributed by atoms with Crippen LogP contribution in [0.25, 0.3) is 0 Å². The first-order valence-electron chi connectivity index (χ1n) is 8.22. The first-order chi connectivity index (χ1) is 11.7. The number of carbonyl (C=O) groups excluding carboxylic acids is 1. The minimum Gasteiger partial charge on any atom is -0.508 e. The molecule has 25 heavy (non-hydrogen) atoms. The fraction of sp³-hybridized carbons (Fsp3) is 0.529. The standard InChI is InChI=1S/C17H19F3N2O3/c18-17(19,20)16(25)10-14(11-4-2-1-3-5-11)21-22(16)15(24)12-6-8-13(23)9-7-12/h6-9,11,23,25H,1-5,10H2. The fourth-order valence-corrected chi connectivity index (χ4v) is 3.40. The number of aromatic hydroxyl groups is 1. The lowest BCUT2D eigenvalue weighted by Gasteiger charge is -2.32. The van der Waals surface area contributed by atoms with Crippen LogP contribution in [0.5, 0.6) is 5.75 Å². The minimum atomic E-state index is -5.03. The molecule has 1 saturated carbocycles. The van der Waals surface area contributed by atoms with Crippen LogP contribution in [0, 0.1) is 5.92 Å². The molecule has 1 heterocycles. The Morgan fingerprint density at radius 1 is 1.16 bits per heavy atom. The van der Waals surface area contributed by atoms with Gasteiger partial charge in [-0.05, 0) is 43.0 Å². The van der Waals surface area contributed by atoms with Gasteiger partial charge in [-0.15, -0.1) is 0 Å². The van der Waals surface area contributed by atoms with Gasteiger partial charge in [0.2, 0.25) is 0 Å². The maximum Gasteiger partial charge on any atom is 0.438 e. The number of benzene rings is 1. The molecule has 5 nitrogen and oxygen atoms in total. The van der Waals surface area contributed by atoms with Crippen LogP contribution in [-0.2, 0) is 0 Å². The largest absolute Gasteiger partial charge is 0.508 e. The number of hydrogen-bond acceptors (Lipinski definition) is 4. The lowest BCUT2D eigenvalue weighted by Crippen LogP contribution is -2.56. The number of alkyl halides is 3. The molecular weight excluding hydrogens is 337 g/mol. The third-order valence-corrected chi connectivity index (χ3v) is 4.84. The van der Waals surface area contributed by atoms with Crippen LogP contribution in [0.3, 0.4) is 0 Å². The number of rotatable bonds is 2. The molecular formula is C17H19F3N2O3. The molecule has 1 aliphatic carbocycles. The summed E-state index contributed by atoms with van der Waals surface area (Å²) in [6, 6.07) is 4.79. The molecule has 2 N–H and O–H groups in total. The predicted molar refractivity (Wildman–Crippen MR) is 83.9 cm³/mol. The van der Waals surface area contributed by atoms with E-state index in [2.05, 4.69) is 5.10 Å². The minimum absolute atomic E-state index is 0.0888. The number of aliphatic hydroxyl groups is 1. The van der Waals surface area contributed by atoms with Gasteiger partial charge in [-0.3, -0.25) is 4.79 Å². The predicted octanol–water partition coefficient (Wildman–Crippen LogP) is 3.43. The van der Waals surface area contributed by atoms with E-state index in [0.29, 0.717) is 12.8 Å². The van der Waals surface area contributed by atoms with Crippen molar-refractivity contribution in [3.8, 4) is 5.75 Å². The van der Waals surface area contributed by atoms with Gasteiger partial charge in [0.1, 0.15) is 5.75 Å². The molecule has 1 aromatic rings. The quantitative estimate of drug-likeness (QED) is 0.853. The van der Waals surface area contributed by atoms with E-state index in [1.165, 1.54) is 24.3 Å². The Hall–Kier alpha value is -2.09. The first kappa shape index (κ1) is 17.7. The van der Waals surface area contributed by atoms with Gasteiger partial charge in [-0.1, -0.05) is 19.3 Å². The van der Waals surface area contributed by atoms with Crippen LogP contribution in [0.4, 0.5) is 13.2 Å². The molecule has 0 radical (unpaired) electrons. The van der Waals surface area contributed by atoms with Gasteiger partial charge >= 0.3 is 6.18 Å². The van der Waals surface area contributed by atoms with Gasteiger partial charge in [0.15, 0.2) is 0 Å². The van der Waals surface area contributed by atoms with E-state index in [9.17, 15) is 28.2 Å². The molecule has 1 unspecified atom stereocenters. The van der Waals surface area contributed by atoms with E-state index in [0.717, 1.165) is 19.3 Å². The molecule has 0 saturated heterocycles. The third kappa shape index (κ3) is 3.22. The molecule has 1 atom stereocenters. The number of halogens is 3. The molecule has 1 amide bonds. The summed E-state index contributed by atoms with van der Waals surface area (Å²) in [5, 5.41) is 23.6. The van der Waals surface area contributed by atoms with Crippen molar-refractivity contribution in [1.29, 1.82) is 0 Å². The first-order valence-corrected chi connectivity index (χ1v) is 8.22. The topological polar surface area (TPSA) is 73.1 Å². The van der Waals surface area contributed by atoms with Gasteiger partial charge < -0.3 is 10.2 Å². The van der Waals surface area contributed by atoms with Crippen molar-refractivity contribution in [2.45, 2.75) is 50.4 Å². The Bertz CT molecular complexity index is 681. The summed E-state index contributed by atoms with van der Waals surface area (Å²) in [6.45, 7) is 0. The van der Waals surface area contributed by atoms with Crippen LogP contribution in [-0.4, -0.2) is 38.7 Å². The third-order valence-electron chi connectivity index (χ3n) is 4.84. The van der Waals surface area contributed by atoms with E-state index < -0.39 is 24.2 Å². The Labute approximate surface area is 142 Å². The monoisotopic (exact) mass is 356 g/mol. The summed E-state index contributed by atoms with van der Waals surface area (Å²) >= 11 is 0. The highest BCUT2D eigenvalue weighted by Gasteiger charge is 2.63. The smallest absolute Gasteiger partial charge is 0.438 e. The number of nitrogens with zero attached hydrogens (tertiary/aromatic N) is 2. The highest BCUT2D eigenvalue weighted by atomic mass is 19.4. The highest BCUT2D eigenvalue weighted by Crippen LogP contribution is 2.43. The van der Waals surface area contributed by atoms with Gasteiger partial charge in [0, 0.05) is 17.7 Å². The number of phenols is 1. The van der Waals surface area contributed by atoms with Crippen LogP contribution in [0.15, 0.2) is 29.4 Å². The molecule has 1 fully saturated rings. The summed E-state index contributed by atoms with van der Waals surface area (Å²) in [6.07, 6.45) is -1.48. The van der Waals surface area contributed by atoms with E-state index >= 15 is 0 Å². The zero-order valence-electron chi connectivity index (χ0n) is 13.5. The maximum absolute atomic E-state index is 13.5. The summed E-state index contributed by atoms with van der Waals surface area (Å²) in [7, 11) is 0. The summed E-state index contributed by atoms with van der Waals surface area (Å²) in [5.41, 5.74) is -3.20. The van der Waals surface area contributed by atoms with E-state index in [4.69, 9.17) is 0 Å². The van der Waals surface area contributed by atoms with Crippen molar-refractivity contribution in [3.05, 3.63) is 29.8 Å². The normalized spacial score (nSPS) is 25.1. The highest BCUT2D eigenvalue weighted by molar-refractivity contribution is 5.99. The molecule has 0 aromatic heterocycles. The average molecular weight is 356 g/mol.